The number of rotatable bonds is 8. The third kappa shape index (κ3) is 5.36. The molecule has 0 spiro atoms. The molecule has 28 heavy (non-hydrogen) atoms. The summed E-state index contributed by atoms with van der Waals surface area (Å²) in [6.07, 6.45) is 2.67. The van der Waals surface area contributed by atoms with Gasteiger partial charge in [-0.3, -0.25) is 9.69 Å². The van der Waals surface area contributed by atoms with Crippen LogP contribution >= 0.6 is 24.0 Å². The van der Waals surface area contributed by atoms with Crippen LogP contribution in [-0.4, -0.2) is 34.9 Å². The highest BCUT2D eigenvalue weighted by Crippen LogP contribution is 2.32. The maximum Gasteiger partial charge on any atom is 0.266 e. The SMILES string of the molecule is CCN1C(=O)/C(=C/c2ccc(OCCCOc3cccc(C)c3)cc2)SC1=S. The van der Waals surface area contributed by atoms with Gasteiger partial charge in [-0.05, 0) is 55.3 Å². The average molecular weight is 414 g/mol. The van der Waals surface area contributed by atoms with Gasteiger partial charge in [0, 0.05) is 13.0 Å². The van der Waals surface area contributed by atoms with Crippen molar-refractivity contribution in [2.75, 3.05) is 19.8 Å². The van der Waals surface area contributed by atoms with Gasteiger partial charge >= 0.3 is 0 Å². The summed E-state index contributed by atoms with van der Waals surface area (Å²) < 4.78 is 12.1. The van der Waals surface area contributed by atoms with Crippen LogP contribution in [0.5, 0.6) is 11.5 Å². The molecule has 0 saturated carbocycles. The molecule has 2 aromatic carbocycles. The molecule has 0 unspecified atom stereocenters. The summed E-state index contributed by atoms with van der Waals surface area (Å²) in [6, 6.07) is 15.7. The summed E-state index contributed by atoms with van der Waals surface area (Å²) in [6.45, 7) is 5.76. The zero-order valence-electron chi connectivity index (χ0n) is 16.0. The van der Waals surface area contributed by atoms with Crippen LogP contribution in [0.15, 0.2) is 53.4 Å². The van der Waals surface area contributed by atoms with E-state index in [0.717, 1.165) is 23.5 Å². The lowest BCUT2D eigenvalue weighted by Gasteiger charge is -2.09. The number of ether oxygens (including phenoxy) is 2. The first-order valence-electron chi connectivity index (χ1n) is 9.24. The van der Waals surface area contributed by atoms with E-state index in [9.17, 15) is 4.79 Å². The van der Waals surface area contributed by atoms with E-state index in [1.54, 1.807) is 4.90 Å². The number of carbonyl (C=O) groups excluding carboxylic acids is 1. The van der Waals surface area contributed by atoms with Crippen LogP contribution in [0, 0.1) is 6.92 Å². The monoisotopic (exact) mass is 413 g/mol. The van der Waals surface area contributed by atoms with Gasteiger partial charge in [0.05, 0.1) is 18.1 Å². The van der Waals surface area contributed by atoms with Crippen LogP contribution in [0.3, 0.4) is 0 Å². The molecule has 1 heterocycles. The molecular formula is C22H23NO3S2. The van der Waals surface area contributed by atoms with Gasteiger partial charge in [-0.15, -0.1) is 0 Å². The maximum atomic E-state index is 12.3. The number of aryl methyl sites for hydroxylation is 1. The fraction of sp³-hybridized carbons (Fsp3) is 0.273. The zero-order chi connectivity index (χ0) is 19.9. The first-order chi connectivity index (χ1) is 13.6. The Balaban J connectivity index is 1.45. The number of hydrogen-bond donors (Lipinski definition) is 0. The quantitative estimate of drug-likeness (QED) is 0.343. The van der Waals surface area contributed by atoms with Gasteiger partial charge in [-0.25, -0.2) is 0 Å². The third-order valence-electron chi connectivity index (χ3n) is 4.18. The molecule has 1 aliphatic heterocycles. The van der Waals surface area contributed by atoms with Gasteiger partial charge in [-0.1, -0.05) is 48.2 Å². The van der Waals surface area contributed by atoms with Crippen molar-refractivity contribution in [1.29, 1.82) is 0 Å². The summed E-state index contributed by atoms with van der Waals surface area (Å²) in [5, 5.41) is 0. The number of carbonyl (C=O) groups is 1. The molecule has 3 rings (SSSR count). The number of thiocarbonyl (C=S) groups is 1. The number of benzene rings is 2. The van der Waals surface area contributed by atoms with Crippen LogP contribution in [-0.2, 0) is 4.79 Å². The Hall–Kier alpha value is -2.31. The lowest BCUT2D eigenvalue weighted by atomic mass is 10.2. The second-order valence-electron chi connectivity index (χ2n) is 6.36. The van der Waals surface area contributed by atoms with E-state index in [1.807, 2.05) is 68.5 Å². The zero-order valence-corrected chi connectivity index (χ0v) is 17.6. The Morgan fingerprint density at radius 3 is 2.43 bits per heavy atom. The standard InChI is InChI=1S/C22H23NO3S2/c1-3-23-21(24)20(28-22(23)27)15-17-8-10-18(11-9-17)25-12-5-13-26-19-7-4-6-16(2)14-19/h4,6-11,14-15H,3,5,12-13H2,1-2H3/b20-15-. The van der Waals surface area contributed by atoms with Gasteiger partial charge in [0.25, 0.3) is 5.91 Å². The number of hydrogen-bond acceptors (Lipinski definition) is 5. The number of likely N-dealkylation sites (N-methyl/N-ethyl adjacent to an activating group) is 1. The van der Waals surface area contributed by atoms with E-state index >= 15 is 0 Å². The second kappa shape index (κ2) is 9.75. The minimum absolute atomic E-state index is 0.0218. The van der Waals surface area contributed by atoms with Crippen molar-refractivity contribution in [2.45, 2.75) is 20.3 Å². The smallest absolute Gasteiger partial charge is 0.266 e. The Kier molecular flexibility index (Phi) is 7.12. The molecular weight excluding hydrogens is 390 g/mol. The van der Waals surface area contributed by atoms with Crippen molar-refractivity contribution < 1.29 is 14.3 Å². The van der Waals surface area contributed by atoms with Crippen LogP contribution in [0.1, 0.15) is 24.5 Å². The van der Waals surface area contributed by atoms with Crippen molar-refractivity contribution in [3.8, 4) is 11.5 Å². The molecule has 0 aliphatic carbocycles. The van der Waals surface area contributed by atoms with Crippen molar-refractivity contribution in [2.24, 2.45) is 0 Å². The molecule has 1 saturated heterocycles. The first kappa shape index (κ1) is 20.4. The Bertz CT molecular complexity index is 878. The van der Waals surface area contributed by atoms with E-state index < -0.39 is 0 Å². The second-order valence-corrected chi connectivity index (χ2v) is 8.04. The van der Waals surface area contributed by atoms with Gasteiger partial charge < -0.3 is 9.47 Å². The predicted molar refractivity (Wildman–Crippen MR) is 119 cm³/mol. The van der Waals surface area contributed by atoms with E-state index in [0.29, 0.717) is 29.0 Å². The minimum Gasteiger partial charge on any atom is -0.493 e. The van der Waals surface area contributed by atoms with Crippen LogP contribution in [0.4, 0.5) is 0 Å². The molecule has 1 aliphatic rings. The van der Waals surface area contributed by atoms with E-state index in [2.05, 4.69) is 0 Å². The fourth-order valence-corrected chi connectivity index (χ4v) is 4.11. The van der Waals surface area contributed by atoms with E-state index in [4.69, 9.17) is 21.7 Å². The average Bonchev–Trinajstić information content (AvgIpc) is 2.95. The lowest BCUT2D eigenvalue weighted by Crippen LogP contribution is -2.27. The lowest BCUT2D eigenvalue weighted by molar-refractivity contribution is -0.121. The molecule has 6 heteroatoms. The molecule has 0 atom stereocenters. The number of nitrogens with zero attached hydrogens (tertiary/aromatic N) is 1. The van der Waals surface area contributed by atoms with Crippen molar-refractivity contribution in [3.63, 3.8) is 0 Å². The normalized spacial score (nSPS) is 15.4. The first-order valence-corrected chi connectivity index (χ1v) is 10.5. The summed E-state index contributed by atoms with van der Waals surface area (Å²) in [5.41, 5.74) is 2.14. The summed E-state index contributed by atoms with van der Waals surface area (Å²) >= 11 is 6.58. The van der Waals surface area contributed by atoms with Crippen LogP contribution in [0.2, 0.25) is 0 Å². The Morgan fingerprint density at radius 2 is 1.79 bits per heavy atom. The maximum absolute atomic E-state index is 12.3. The minimum atomic E-state index is -0.0218. The highest BCUT2D eigenvalue weighted by molar-refractivity contribution is 8.26. The van der Waals surface area contributed by atoms with Crippen molar-refractivity contribution in [1.82, 2.24) is 4.90 Å². The van der Waals surface area contributed by atoms with Gasteiger partial charge in [0.15, 0.2) is 0 Å². The molecule has 4 nitrogen and oxygen atoms in total. The molecule has 2 aromatic rings. The van der Waals surface area contributed by atoms with Gasteiger partial charge in [0.2, 0.25) is 0 Å². The van der Waals surface area contributed by atoms with Gasteiger partial charge in [-0.2, -0.15) is 0 Å². The largest absolute Gasteiger partial charge is 0.493 e. The van der Waals surface area contributed by atoms with E-state index in [1.165, 1.54) is 17.3 Å². The number of thioether (sulfide) groups is 1. The topological polar surface area (TPSA) is 38.8 Å². The predicted octanol–water partition coefficient (Wildman–Crippen LogP) is 5.06. The summed E-state index contributed by atoms with van der Waals surface area (Å²) in [5.74, 6) is 1.66. The molecule has 1 fully saturated rings. The summed E-state index contributed by atoms with van der Waals surface area (Å²) in [7, 11) is 0. The molecule has 146 valence electrons. The van der Waals surface area contributed by atoms with Crippen molar-refractivity contribution >= 4 is 40.3 Å². The Labute approximate surface area is 175 Å². The van der Waals surface area contributed by atoms with Crippen molar-refractivity contribution in [3.05, 3.63) is 64.6 Å². The van der Waals surface area contributed by atoms with Crippen LogP contribution in [0.25, 0.3) is 6.08 Å². The number of amides is 1. The highest BCUT2D eigenvalue weighted by atomic mass is 32.2. The molecule has 0 bridgehead atoms. The van der Waals surface area contributed by atoms with Crippen LogP contribution < -0.4 is 9.47 Å². The van der Waals surface area contributed by atoms with Gasteiger partial charge in [0.1, 0.15) is 15.8 Å². The molecule has 0 aromatic heterocycles. The Morgan fingerprint density at radius 1 is 1.07 bits per heavy atom. The molecule has 0 N–H and O–H groups in total. The highest BCUT2D eigenvalue weighted by Gasteiger charge is 2.30. The summed E-state index contributed by atoms with van der Waals surface area (Å²) in [4.78, 5) is 14.5. The fourth-order valence-electron chi connectivity index (χ4n) is 2.73. The molecule has 0 radical (unpaired) electrons. The van der Waals surface area contributed by atoms with E-state index in [-0.39, 0.29) is 5.91 Å². The third-order valence-corrected chi connectivity index (χ3v) is 5.56. The molecule has 1 amide bonds.